The van der Waals surface area contributed by atoms with Crippen molar-refractivity contribution in [2.24, 2.45) is 0 Å². The lowest BCUT2D eigenvalue weighted by Crippen LogP contribution is -2.27. The number of ether oxygens (including phenoxy) is 1. The zero-order chi connectivity index (χ0) is 18.0. The minimum atomic E-state index is -3.58. The van der Waals surface area contributed by atoms with Crippen LogP contribution in [0.1, 0.15) is 48.6 Å². The molecule has 2 aromatic carbocycles. The fourth-order valence-electron chi connectivity index (χ4n) is 3.43. The standard InChI is InChI=1S/C20H25NO3S/c1-4-15-13-19(10-11-20(15)24-3)25(22,23)21-14(2)17-9-8-16-6-5-7-18(16)12-17/h8-14,21H,4-7H2,1-3H3/t14-/m1/s1. The van der Waals surface area contributed by atoms with E-state index in [0.717, 1.165) is 24.0 Å². The van der Waals surface area contributed by atoms with E-state index >= 15 is 0 Å². The van der Waals surface area contributed by atoms with Gasteiger partial charge < -0.3 is 4.74 Å². The van der Waals surface area contributed by atoms with Crippen molar-refractivity contribution in [2.45, 2.75) is 50.5 Å². The predicted octanol–water partition coefficient (Wildman–Crippen LogP) is 3.79. The van der Waals surface area contributed by atoms with Gasteiger partial charge in [-0.2, -0.15) is 0 Å². The summed E-state index contributed by atoms with van der Waals surface area (Å²) in [5.41, 5.74) is 4.63. The number of aryl methyl sites for hydroxylation is 3. The maximum Gasteiger partial charge on any atom is 0.241 e. The Morgan fingerprint density at radius 3 is 2.60 bits per heavy atom. The molecule has 1 N–H and O–H groups in total. The Bertz CT molecular complexity index is 875. The first kappa shape index (κ1) is 18.0. The molecule has 0 saturated heterocycles. The Morgan fingerprint density at radius 2 is 1.88 bits per heavy atom. The van der Waals surface area contributed by atoms with Crippen LogP contribution < -0.4 is 9.46 Å². The van der Waals surface area contributed by atoms with E-state index in [9.17, 15) is 8.42 Å². The molecule has 1 aliphatic rings. The van der Waals surface area contributed by atoms with Crippen LogP contribution in [-0.4, -0.2) is 15.5 Å². The van der Waals surface area contributed by atoms with Gasteiger partial charge in [0.25, 0.3) is 0 Å². The van der Waals surface area contributed by atoms with Gasteiger partial charge in [-0.05, 0) is 73.1 Å². The Labute approximate surface area is 150 Å². The van der Waals surface area contributed by atoms with E-state index in [0.29, 0.717) is 12.2 Å². The molecule has 1 atom stereocenters. The fraction of sp³-hybridized carbons (Fsp3) is 0.400. The van der Waals surface area contributed by atoms with Gasteiger partial charge in [-0.1, -0.05) is 25.1 Å². The second-order valence-electron chi connectivity index (χ2n) is 6.55. The van der Waals surface area contributed by atoms with Gasteiger partial charge in [0.05, 0.1) is 12.0 Å². The predicted molar refractivity (Wildman–Crippen MR) is 99.6 cm³/mol. The SMILES string of the molecule is CCc1cc(S(=O)(=O)N[C@H](C)c2ccc3c(c2)CCC3)ccc1OC. The van der Waals surface area contributed by atoms with Crippen LogP contribution in [0.3, 0.4) is 0 Å². The quantitative estimate of drug-likeness (QED) is 0.854. The van der Waals surface area contributed by atoms with Gasteiger partial charge >= 0.3 is 0 Å². The summed E-state index contributed by atoms with van der Waals surface area (Å²) >= 11 is 0. The molecule has 0 aliphatic heterocycles. The Kier molecular flexibility index (Phi) is 5.16. The fourth-order valence-corrected chi connectivity index (χ4v) is 4.71. The van der Waals surface area contributed by atoms with Gasteiger partial charge in [-0.25, -0.2) is 13.1 Å². The average Bonchev–Trinajstić information content (AvgIpc) is 3.08. The first-order chi connectivity index (χ1) is 11.9. The second-order valence-corrected chi connectivity index (χ2v) is 8.27. The largest absolute Gasteiger partial charge is 0.496 e. The highest BCUT2D eigenvalue weighted by Crippen LogP contribution is 2.27. The third-order valence-corrected chi connectivity index (χ3v) is 6.44. The number of nitrogens with one attached hydrogen (secondary N) is 1. The van der Waals surface area contributed by atoms with Crippen LogP contribution in [0, 0.1) is 0 Å². The number of benzene rings is 2. The van der Waals surface area contributed by atoms with Crippen LogP contribution in [0.5, 0.6) is 5.75 Å². The summed E-state index contributed by atoms with van der Waals surface area (Å²) < 4.78 is 33.6. The minimum Gasteiger partial charge on any atom is -0.496 e. The normalized spacial score (nSPS) is 15.0. The first-order valence-corrected chi connectivity index (χ1v) is 10.2. The zero-order valence-electron chi connectivity index (χ0n) is 15.0. The molecular formula is C20H25NO3S. The number of methoxy groups -OCH3 is 1. The monoisotopic (exact) mass is 359 g/mol. The lowest BCUT2D eigenvalue weighted by atomic mass is 10.0. The molecule has 0 spiro atoms. The summed E-state index contributed by atoms with van der Waals surface area (Å²) in [5.74, 6) is 0.716. The van der Waals surface area contributed by atoms with Crippen LogP contribution in [0.25, 0.3) is 0 Å². The second kappa shape index (κ2) is 7.18. The van der Waals surface area contributed by atoms with Gasteiger partial charge in [0.2, 0.25) is 10.0 Å². The first-order valence-electron chi connectivity index (χ1n) is 8.75. The van der Waals surface area contributed by atoms with Crippen molar-refractivity contribution in [1.29, 1.82) is 0 Å². The summed E-state index contributed by atoms with van der Waals surface area (Å²) in [6.45, 7) is 3.87. The molecule has 0 saturated carbocycles. The Hall–Kier alpha value is -1.85. The van der Waals surface area contributed by atoms with E-state index in [1.54, 1.807) is 25.3 Å². The smallest absolute Gasteiger partial charge is 0.241 e. The van der Waals surface area contributed by atoms with E-state index in [-0.39, 0.29) is 10.9 Å². The van der Waals surface area contributed by atoms with E-state index in [1.165, 1.54) is 17.5 Å². The summed E-state index contributed by atoms with van der Waals surface area (Å²) in [4.78, 5) is 0.276. The summed E-state index contributed by atoms with van der Waals surface area (Å²) in [6.07, 6.45) is 4.11. The van der Waals surface area contributed by atoms with Gasteiger partial charge in [-0.15, -0.1) is 0 Å². The maximum atomic E-state index is 12.8. The molecule has 1 aliphatic carbocycles. The molecule has 5 heteroatoms. The molecule has 0 fully saturated rings. The molecule has 134 valence electrons. The number of hydrogen-bond acceptors (Lipinski definition) is 3. The Balaban J connectivity index is 1.83. The highest BCUT2D eigenvalue weighted by atomic mass is 32.2. The van der Waals surface area contributed by atoms with E-state index in [2.05, 4.69) is 16.9 Å². The van der Waals surface area contributed by atoms with Gasteiger partial charge in [-0.3, -0.25) is 0 Å². The zero-order valence-corrected chi connectivity index (χ0v) is 15.8. The molecule has 4 nitrogen and oxygen atoms in total. The number of fused-ring (bicyclic) bond motifs is 1. The molecule has 0 radical (unpaired) electrons. The van der Waals surface area contributed by atoms with E-state index < -0.39 is 10.0 Å². The molecule has 0 bridgehead atoms. The van der Waals surface area contributed by atoms with Crippen LogP contribution in [0.2, 0.25) is 0 Å². The topological polar surface area (TPSA) is 55.4 Å². The molecule has 0 heterocycles. The molecule has 0 amide bonds. The average molecular weight is 359 g/mol. The Morgan fingerprint density at radius 1 is 1.12 bits per heavy atom. The van der Waals surface area contributed by atoms with Crippen molar-refractivity contribution in [3.05, 3.63) is 58.7 Å². The highest BCUT2D eigenvalue weighted by Gasteiger charge is 2.21. The molecule has 0 unspecified atom stereocenters. The third-order valence-electron chi connectivity index (χ3n) is 4.90. The van der Waals surface area contributed by atoms with Crippen LogP contribution in [-0.2, 0) is 29.3 Å². The highest BCUT2D eigenvalue weighted by molar-refractivity contribution is 7.89. The summed E-state index contributed by atoms with van der Waals surface area (Å²) in [5, 5.41) is 0. The molecule has 2 aromatic rings. The van der Waals surface area contributed by atoms with Crippen LogP contribution >= 0.6 is 0 Å². The van der Waals surface area contributed by atoms with Gasteiger partial charge in [0.15, 0.2) is 0 Å². The molecular weight excluding hydrogens is 334 g/mol. The lowest BCUT2D eigenvalue weighted by Gasteiger charge is -2.17. The van der Waals surface area contributed by atoms with Crippen molar-refractivity contribution in [3.8, 4) is 5.75 Å². The van der Waals surface area contributed by atoms with Crippen LogP contribution in [0.15, 0.2) is 41.3 Å². The maximum absolute atomic E-state index is 12.8. The summed E-state index contributed by atoms with van der Waals surface area (Å²) in [7, 11) is -1.99. The van der Waals surface area contributed by atoms with E-state index in [4.69, 9.17) is 4.74 Å². The molecule has 0 aromatic heterocycles. The number of hydrogen-bond donors (Lipinski definition) is 1. The minimum absolute atomic E-state index is 0.275. The van der Waals surface area contributed by atoms with Crippen molar-refractivity contribution in [1.82, 2.24) is 4.72 Å². The van der Waals surface area contributed by atoms with Crippen LogP contribution in [0.4, 0.5) is 0 Å². The van der Waals surface area contributed by atoms with Crippen molar-refractivity contribution in [3.63, 3.8) is 0 Å². The van der Waals surface area contributed by atoms with Gasteiger partial charge in [0, 0.05) is 6.04 Å². The molecule has 25 heavy (non-hydrogen) atoms. The van der Waals surface area contributed by atoms with Gasteiger partial charge in [0.1, 0.15) is 5.75 Å². The van der Waals surface area contributed by atoms with Crippen molar-refractivity contribution < 1.29 is 13.2 Å². The summed E-state index contributed by atoms with van der Waals surface area (Å²) in [6, 6.07) is 11.0. The lowest BCUT2D eigenvalue weighted by molar-refractivity contribution is 0.409. The number of rotatable bonds is 6. The van der Waals surface area contributed by atoms with Crippen molar-refractivity contribution in [2.75, 3.05) is 7.11 Å². The van der Waals surface area contributed by atoms with Crippen molar-refractivity contribution >= 4 is 10.0 Å². The third kappa shape index (κ3) is 3.72. The van der Waals surface area contributed by atoms with E-state index in [1.807, 2.05) is 19.9 Å². The number of sulfonamides is 1. The molecule has 3 rings (SSSR count).